The molecule has 0 aliphatic carbocycles. The third-order valence-electron chi connectivity index (χ3n) is 3.96. The molecule has 0 spiro atoms. The van der Waals surface area contributed by atoms with Gasteiger partial charge in [-0.1, -0.05) is 83.6 Å². The smallest absolute Gasteiger partial charge is 0.333 e. The average molecular weight is 452 g/mol. The van der Waals surface area contributed by atoms with Crippen molar-refractivity contribution in [3.8, 4) is 0 Å². The van der Waals surface area contributed by atoms with Gasteiger partial charge in [-0.25, -0.2) is 4.79 Å². The molecule has 1 atom stereocenters. The molecule has 1 heterocycles. The SMILES string of the molecule is CCOC(=O)C(c1ccccc1)N1C(=O)/C(=C/c2ccc(Cl)cc2Cl)SC1=S. The number of amides is 1. The minimum Gasteiger partial charge on any atom is -0.464 e. The highest BCUT2D eigenvalue weighted by Gasteiger charge is 2.42. The molecular formula is C20H15Cl2NO3S2. The molecule has 1 aliphatic rings. The quantitative estimate of drug-likeness (QED) is 0.341. The summed E-state index contributed by atoms with van der Waals surface area (Å²) in [7, 11) is 0. The van der Waals surface area contributed by atoms with E-state index < -0.39 is 12.0 Å². The normalized spacial score (nSPS) is 16.5. The molecule has 0 radical (unpaired) electrons. The number of thiocarbonyl (C=S) groups is 1. The summed E-state index contributed by atoms with van der Waals surface area (Å²) in [5.41, 5.74) is 1.27. The number of esters is 1. The Morgan fingerprint density at radius 3 is 2.61 bits per heavy atom. The monoisotopic (exact) mass is 451 g/mol. The third-order valence-corrected chi connectivity index (χ3v) is 5.85. The molecule has 4 nitrogen and oxygen atoms in total. The van der Waals surface area contributed by atoms with Crippen LogP contribution in [-0.4, -0.2) is 27.7 Å². The van der Waals surface area contributed by atoms with E-state index >= 15 is 0 Å². The van der Waals surface area contributed by atoms with Gasteiger partial charge in [0.2, 0.25) is 0 Å². The van der Waals surface area contributed by atoms with Crippen LogP contribution >= 0.6 is 47.2 Å². The lowest BCUT2D eigenvalue weighted by molar-refractivity contribution is -0.151. The molecular weight excluding hydrogens is 437 g/mol. The maximum absolute atomic E-state index is 13.1. The second-order valence-corrected chi connectivity index (χ2v) is 8.30. The number of halogens is 2. The summed E-state index contributed by atoms with van der Waals surface area (Å²) < 4.78 is 5.48. The molecule has 0 aromatic heterocycles. The Morgan fingerprint density at radius 2 is 1.96 bits per heavy atom. The standard InChI is InChI=1S/C20H15Cl2NO3S2/c1-2-26-19(25)17(12-6-4-3-5-7-12)23-18(24)16(28-20(23)27)10-13-8-9-14(21)11-15(13)22/h3-11,17H,2H2,1H3/b16-10-. The molecule has 1 saturated heterocycles. The first-order valence-corrected chi connectivity index (χ1v) is 10.3. The summed E-state index contributed by atoms with van der Waals surface area (Å²) in [5.74, 6) is -0.904. The van der Waals surface area contributed by atoms with Crippen LogP contribution in [0, 0.1) is 0 Å². The lowest BCUT2D eigenvalue weighted by atomic mass is 10.1. The van der Waals surface area contributed by atoms with E-state index in [-0.39, 0.29) is 16.8 Å². The molecule has 0 saturated carbocycles. The number of carbonyl (C=O) groups is 2. The zero-order valence-corrected chi connectivity index (χ0v) is 17.9. The first kappa shape index (κ1) is 20.9. The largest absolute Gasteiger partial charge is 0.464 e. The molecule has 28 heavy (non-hydrogen) atoms. The lowest BCUT2D eigenvalue weighted by Gasteiger charge is -2.25. The molecule has 144 valence electrons. The Labute approximate surface area is 182 Å². The zero-order valence-electron chi connectivity index (χ0n) is 14.7. The third kappa shape index (κ3) is 4.41. The zero-order chi connectivity index (χ0) is 20.3. The van der Waals surface area contributed by atoms with Crippen molar-refractivity contribution in [1.82, 2.24) is 4.90 Å². The van der Waals surface area contributed by atoms with Crippen molar-refractivity contribution in [1.29, 1.82) is 0 Å². The molecule has 8 heteroatoms. The van der Waals surface area contributed by atoms with Crippen LogP contribution in [0.1, 0.15) is 24.1 Å². The highest BCUT2D eigenvalue weighted by molar-refractivity contribution is 8.26. The number of thioether (sulfide) groups is 1. The van der Waals surface area contributed by atoms with E-state index in [1.165, 1.54) is 4.90 Å². The molecule has 0 bridgehead atoms. The fourth-order valence-electron chi connectivity index (χ4n) is 2.71. The van der Waals surface area contributed by atoms with Crippen molar-refractivity contribution in [2.45, 2.75) is 13.0 Å². The minimum absolute atomic E-state index is 0.202. The summed E-state index contributed by atoms with van der Waals surface area (Å²) in [6.45, 7) is 1.92. The number of rotatable bonds is 5. The highest BCUT2D eigenvalue weighted by atomic mass is 35.5. The van der Waals surface area contributed by atoms with Crippen molar-refractivity contribution in [2.24, 2.45) is 0 Å². The van der Waals surface area contributed by atoms with Gasteiger partial charge in [0.1, 0.15) is 4.32 Å². The molecule has 1 fully saturated rings. The summed E-state index contributed by atoms with van der Waals surface area (Å²) in [6, 6.07) is 13.0. The molecule has 1 amide bonds. The number of benzene rings is 2. The predicted octanol–water partition coefficient (Wildman–Crippen LogP) is 5.50. The van der Waals surface area contributed by atoms with E-state index in [0.717, 1.165) is 11.8 Å². The van der Waals surface area contributed by atoms with Gasteiger partial charge in [-0.05, 0) is 36.3 Å². The van der Waals surface area contributed by atoms with Crippen LogP contribution in [-0.2, 0) is 14.3 Å². The highest BCUT2D eigenvalue weighted by Crippen LogP contribution is 2.39. The second kappa shape index (κ2) is 9.09. The number of carbonyl (C=O) groups excluding carboxylic acids is 2. The first-order valence-electron chi connectivity index (χ1n) is 8.36. The lowest BCUT2D eigenvalue weighted by Crippen LogP contribution is -2.38. The maximum atomic E-state index is 13.1. The molecule has 2 aromatic carbocycles. The van der Waals surface area contributed by atoms with Crippen LogP contribution in [0.4, 0.5) is 0 Å². The van der Waals surface area contributed by atoms with Crippen molar-refractivity contribution in [2.75, 3.05) is 6.61 Å². The van der Waals surface area contributed by atoms with Gasteiger partial charge in [0.05, 0.1) is 11.5 Å². The molecule has 2 aromatic rings. The van der Waals surface area contributed by atoms with Gasteiger partial charge in [0, 0.05) is 10.0 Å². The van der Waals surface area contributed by atoms with Gasteiger partial charge >= 0.3 is 5.97 Å². The first-order chi connectivity index (χ1) is 13.4. The van der Waals surface area contributed by atoms with Gasteiger partial charge in [-0.2, -0.15) is 0 Å². The van der Waals surface area contributed by atoms with E-state index in [9.17, 15) is 9.59 Å². The maximum Gasteiger partial charge on any atom is 0.333 e. The van der Waals surface area contributed by atoms with Gasteiger partial charge < -0.3 is 4.74 Å². The van der Waals surface area contributed by atoms with Crippen molar-refractivity contribution >= 4 is 69.5 Å². The fraction of sp³-hybridized carbons (Fsp3) is 0.150. The van der Waals surface area contributed by atoms with E-state index in [0.29, 0.717) is 26.1 Å². The molecule has 0 N–H and O–H groups in total. The van der Waals surface area contributed by atoms with Gasteiger partial charge in [-0.3, -0.25) is 9.69 Å². The molecule has 1 unspecified atom stereocenters. The minimum atomic E-state index is -0.944. The fourth-order valence-corrected chi connectivity index (χ4v) is 4.48. The van der Waals surface area contributed by atoms with Crippen LogP contribution in [0.5, 0.6) is 0 Å². The number of hydrogen-bond donors (Lipinski definition) is 0. The van der Waals surface area contributed by atoms with Gasteiger partial charge in [0.15, 0.2) is 6.04 Å². The average Bonchev–Trinajstić information content (AvgIpc) is 2.93. The Kier molecular flexibility index (Phi) is 6.78. The Bertz CT molecular complexity index is 963. The van der Waals surface area contributed by atoms with Crippen molar-refractivity contribution in [3.05, 3.63) is 74.6 Å². The van der Waals surface area contributed by atoms with E-state index in [4.69, 9.17) is 40.2 Å². The van der Waals surface area contributed by atoms with Crippen LogP contribution in [0.15, 0.2) is 53.4 Å². The van der Waals surface area contributed by atoms with E-state index in [1.807, 2.05) is 6.07 Å². The number of hydrogen-bond acceptors (Lipinski definition) is 5. The Morgan fingerprint density at radius 1 is 1.25 bits per heavy atom. The Hall–Kier alpha value is -1.86. The van der Waals surface area contributed by atoms with E-state index in [1.54, 1.807) is 55.5 Å². The van der Waals surface area contributed by atoms with Crippen molar-refractivity contribution < 1.29 is 14.3 Å². The number of nitrogens with zero attached hydrogens (tertiary/aromatic N) is 1. The van der Waals surface area contributed by atoms with Crippen LogP contribution in [0.2, 0.25) is 10.0 Å². The number of ether oxygens (including phenoxy) is 1. The predicted molar refractivity (Wildman–Crippen MR) is 117 cm³/mol. The van der Waals surface area contributed by atoms with Crippen LogP contribution < -0.4 is 0 Å². The molecule has 3 rings (SSSR count). The van der Waals surface area contributed by atoms with Gasteiger partial charge in [0.25, 0.3) is 5.91 Å². The van der Waals surface area contributed by atoms with E-state index in [2.05, 4.69) is 0 Å². The summed E-state index contributed by atoms with van der Waals surface area (Å²) in [6.07, 6.45) is 1.64. The van der Waals surface area contributed by atoms with Crippen molar-refractivity contribution in [3.63, 3.8) is 0 Å². The topological polar surface area (TPSA) is 46.6 Å². The summed E-state index contributed by atoms with van der Waals surface area (Å²) in [4.78, 5) is 27.4. The Balaban J connectivity index is 1.98. The summed E-state index contributed by atoms with van der Waals surface area (Å²) in [5, 5.41) is 0.920. The second-order valence-electron chi connectivity index (χ2n) is 5.78. The molecule has 1 aliphatic heterocycles. The van der Waals surface area contributed by atoms with Gasteiger partial charge in [-0.15, -0.1) is 0 Å². The van der Waals surface area contributed by atoms with Crippen LogP contribution in [0.25, 0.3) is 6.08 Å². The van der Waals surface area contributed by atoms with Crippen LogP contribution in [0.3, 0.4) is 0 Å². The summed E-state index contributed by atoms with van der Waals surface area (Å²) >= 11 is 18.7.